The molecule has 2 rings (SSSR count). The maximum atomic E-state index is 10.4. The maximum absolute atomic E-state index is 10.4. The van der Waals surface area contributed by atoms with Gasteiger partial charge in [0, 0.05) is 13.2 Å². The van der Waals surface area contributed by atoms with Crippen molar-refractivity contribution in [1.82, 2.24) is 0 Å². The van der Waals surface area contributed by atoms with Crippen LogP contribution in [0.15, 0.2) is 42.5 Å². The smallest absolute Gasteiger partial charge is 0.187 e. The van der Waals surface area contributed by atoms with Crippen LogP contribution in [-0.4, -0.2) is 24.6 Å². The Morgan fingerprint density at radius 2 is 1.58 bits per heavy atom. The van der Waals surface area contributed by atoms with Gasteiger partial charge in [-0.25, -0.2) is 0 Å². The topological polar surface area (TPSA) is 38.7 Å². The van der Waals surface area contributed by atoms with E-state index in [4.69, 9.17) is 9.47 Å². The second-order valence-corrected chi connectivity index (χ2v) is 4.33. The van der Waals surface area contributed by atoms with Gasteiger partial charge in [0.25, 0.3) is 0 Å². The summed E-state index contributed by atoms with van der Waals surface area (Å²) in [6.45, 7) is 4.79. The van der Waals surface area contributed by atoms with Gasteiger partial charge in [0.15, 0.2) is 6.29 Å². The van der Waals surface area contributed by atoms with Gasteiger partial charge in [-0.05, 0) is 36.2 Å². The van der Waals surface area contributed by atoms with E-state index in [-0.39, 0.29) is 0 Å². The van der Waals surface area contributed by atoms with E-state index in [9.17, 15) is 5.11 Å². The molecular weight excluding hydrogens is 240 g/mol. The van der Waals surface area contributed by atoms with Crippen molar-refractivity contribution in [1.29, 1.82) is 0 Å². The van der Waals surface area contributed by atoms with Crippen LogP contribution in [0.4, 0.5) is 0 Å². The first-order chi connectivity index (χ1) is 9.26. The molecule has 0 spiro atoms. The van der Waals surface area contributed by atoms with Gasteiger partial charge in [-0.15, -0.1) is 0 Å². The number of hydrogen-bond donors (Lipinski definition) is 1. The lowest BCUT2D eigenvalue weighted by molar-refractivity contribution is -0.191. The first kappa shape index (κ1) is 14.0. The molecule has 0 heterocycles. The Hall–Kier alpha value is -1.42. The van der Waals surface area contributed by atoms with Gasteiger partial charge in [-0.3, -0.25) is 0 Å². The Bertz CT molecular complexity index is 518. The second-order valence-electron chi connectivity index (χ2n) is 4.33. The molecule has 1 atom stereocenters. The van der Waals surface area contributed by atoms with Crippen LogP contribution >= 0.6 is 0 Å². The van der Waals surface area contributed by atoms with Crippen molar-refractivity contribution in [3.8, 4) is 0 Å². The molecule has 0 fully saturated rings. The number of aliphatic hydroxyl groups is 1. The minimum absolute atomic E-state index is 0.509. The van der Waals surface area contributed by atoms with Crippen molar-refractivity contribution in [2.45, 2.75) is 26.2 Å². The van der Waals surface area contributed by atoms with Gasteiger partial charge in [0.2, 0.25) is 0 Å². The summed E-state index contributed by atoms with van der Waals surface area (Å²) in [5.41, 5.74) is 0.811. The molecule has 0 unspecified atom stereocenters. The third-order valence-electron chi connectivity index (χ3n) is 3.03. The molecule has 2 aromatic rings. The molecule has 3 nitrogen and oxygen atoms in total. The zero-order valence-electron chi connectivity index (χ0n) is 11.4. The zero-order chi connectivity index (χ0) is 13.7. The van der Waals surface area contributed by atoms with Crippen molar-refractivity contribution >= 4 is 10.8 Å². The molecule has 3 heteroatoms. The van der Waals surface area contributed by atoms with E-state index in [0.717, 1.165) is 16.3 Å². The van der Waals surface area contributed by atoms with Gasteiger partial charge in [-0.1, -0.05) is 36.4 Å². The Balaban J connectivity index is 2.26. The largest absolute Gasteiger partial charge is 0.383 e. The molecule has 0 amide bonds. The average molecular weight is 260 g/mol. The first-order valence-corrected chi connectivity index (χ1v) is 6.66. The van der Waals surface area contributed by atoms with Crippen LogP contribution in [0.25, 0.3) is 10.8 Å². The summed E-state index contributed by atoms with van der Waals surface area (Å²) in [7, 11) is 0. The fourth-order valence-electron chi connectivity index (χ4n) is 2.11. The zero-order valence-corrected chi connectivity index (χ0v) is 11.4. The molecule has 1 N–H and O–H groups in total. The molecule has 0 aliphatic rings. The van der Waals surface area contributed by atoms with Gasteiger partial charge in [0.1, 0.15) is 6.10 Å². The number of ether oxygens (including phenoxy) is 2. The van der Waals surface area contributed by atoms with Crippen molar-refractivity contribution in [3.05, 3.63) is 48.0 Å². The van der Waals surface area contributed by atoms with Crippen LogP contribution in [0.3, 0.4) is 0 Å². The Morgan fingerprint density at radius 3 is 2.21 bits per heavy atom. The highest BCUT2D eigenvalue weighted by Crippen LogP contribution is 2.24. The van der Waals surface area contributed by atoms with E-state index in [1.54, 1.807) is 0 Å². The Kier molecular flexibility index (Phi) is 4.91. The van der Waals surface area contributed by atoms with Gasteiger partial charge in [-0.2, -0.15) is 0 Å². The monoisotopic (exact) mass is 260 g/mol. The Labute approximate surface area is 113 Å². The summed E-state index contributed by atoms with van der Waals surface area (Å²) in [6, 6.07) is 14.0. The van der Waals surface area contributed by atoms with Crippen molar-refractivity contribution in [2.75, 3.05) is 13.2 Å². The molecule has 0 radical (unpaired) electrons. The number of aliphatic hydroxyl groups excluding tert-OH is 1. The standard InChI is InChI=1S/C16H20O3/c1-3-18-16(19-4-2)15(17)14-10-9-12-7-5-6-8-13(12)11-14/h5-11,15-17H,3-4H2,1-2H3/t15-/m1/s1. The number of benzene rings is 2. The van der Waals surface area contributed by atoms with Crippen LogP contribution in [0.5, 0.6) is 0 Å². The van der Waals surface area contributed by atoms with E-state index < -0.39 is 12.4 Å². The fraction of sp³-hybridized carbons (Fsp3) is 0.375. The number of fused-ring (bicyclic) bond motifs is 1. The molecule has 0 aromatic heterocycles. The Morgan fingerprint density at radius 1 is 0.947 bits per heavy atom. The number of rotatable bonds is 6. The summed E-state index contributed by atoms with van der Waals surface area (Å²) in [4.78, 5) is 0. The lowest BCUT2D eigenvalue weighted by atomic mass is 10.0. The number of hydrogen-bond acceptors (Lipinski definition) is 3. The van der Waals surface area contributed by atoms with Gasteiger partial charge >= 0.3 is 0 Å². The highest BCUT2D eigenvalue weighted by Gasteiger charge is 2.21. The van der Waals surface area contributed by atoms with E-state index in [1.165, 1.54) is 0 Å². The van der Waals surface area contributed by atoms with Crippen LogP contribution in [-0.2, 0) is 9.47 Å². The molecule has 19 heavy (non-hydrogen) atoms. The summed E-state index contributed by atoms with van der Waals surface area (Å²) < 4.78 is 10.9. The van der Waals surface area contributed by atoms with Gasteiger partial charge < -0.3 is 14.6 Å². The first-order valence-electron chi connectivity index (χ1n) is 6.66. The molecule has 2 aromatic carbocycles. The minimum Gasteiger partial charge on any atom is -0.383 e. The van der Waals surface area contributed by atoms with Crippen molar-refractivity contribution in [3.63, 3.8) is 0 Å². The van der Waals surface area contributed by atoms with Crippen LogP contribution < -0.4 is 0 Å². The van der Waals surface area contributed by atoms with Crippen molar-refractivity contribution < 1.29 is 14.6 Å². The fourth-order valence-corrected chi connectivity index (χ4v) is 2.11. The quantitative estimate of drug-likeness (QED) is 0.810. The molecule has 0 aliphatic heterocycles. The summed E-state index contributed by atoms with van der Waals surface area (Å²) >= 11 is 0. The molecule has 102 valence electrons. The van der Waals surface area contributed by atoms with Gasteiger partial charge in [0.05, 0.1) is 0 Å². The second kappa shape index (κ2) is 6.66. The summed E-state index contributed by atoms with van der Waals surface area (Å²) in [6.07, 6.45) is -1.39. The lowest BCUT2D eigenvalue weighted by Crippen LogP contribution is -2.25. The summed E-state index contributed by atoms with van der Waals surface area (Å²) in [5, 5.41) is 12.6. The molecule has 0 bridgehead atoms. The SMILES string of the molecule is CCOC(OCC)[C@H](O)c1ccc2ccccc2c1. The van der Waals surface area contributed by atoms with E-state index in [2.05, 4.69) is 0 Å². The minimum atomic E-state index is -0.774. The molecular formula is C16H20O3. The maximum Gasteiger partial charge on any atom is 0.187 e. The van der Waals surface area contributed by atoms with Crippen LogP contribution in [0, 0.1) is 0 Å². The van der Waals surface area contributed by atoms with E-state index >= 15 is 0 Å². The molecule has 0 saturated carbocycles. The lowest BCUT2D eigenvalue weighted by Gasteiger charge is -2.23. The third-order valence-corrected chi connectivity index (χ3v) is 3.03. The highest BCUT2D eigenvalue weighted by atomic mass is 16.7. The van der Waals surface area contributed by atoms with Crippen LogP contribution in [0.1, 0.15) is 25.5 Å². The van der Waals surface area contributed by atoms with Crippen molar-refractivity contribution in [2.24, 2.45) is 0 Å². The van der Waals surface area contributed by atoms with E-state index in [0.29, 0.717) is 13.2 Å². The average Bonchev–Trinajstić information content (AvgIpc) is 2.46. The highest BCUT2D eigenvalue weighted by molar-refractivity contribution is 5.83. The predicted octanol–water partition coefficient (Wildman–Crippen LogP) is 3.27. The third kappa shape index (κ3) is 3.32. The predicted molar refractivity (Wildman–Crippen MR) is 75.9 cm³/mol. The molecule has 0 aliphatic carbocycles. The van der Waals surface area contributed by atoms with Crippen LogP contribution in [0.2, 0.25) is 0 Å². The molecule has 0 saturated heterocycles. The van der Waals surface area contributed by atoms with E-state index in [1.807, 2.05) is 56.3 Å². The summed E-state index contributed by atoms with van der Waals surface area (Å²) in [5.74, 6) is 0. The normalized spacial score (nSPS) is 13.1.